The van der Waals surface area contributed by atoms with Crippen LogP contribution in [-0.4, -0.2) is 34.0 Å². The van der Waals surface area contributed by atoms with Crippen LogP contribution in [0.2, 0.25) is 0 Å². The molecule has 1 N–H and O–H groups in total. The number of hydrogen-bond acceptors (Lipinski definition) is 3. The third kappa shape index (κ3) is 2.07. The summed E-state index contributed by atoms with van der Waals surface area (Å²) in [7, 11) is 0. The Morgan fingerprint density at radius 2 is 2.28 bits per heavy atom. The predicted octanol–water partition coefficient (Wildman–Crippen LogP) is 2.98. The van der Waals surface area contributed by atoms with Gasteiger partial charge in [-0.1, -0.05) is 6.92 Å². The Kier molecular flexibility index (Phi) is 3.77. The van der Waals surface area contributed by atoms with E-state index >= 15 is 0 Å². The molecule has 1 fully saturated rings. The van der Waals surface area contributed by atoms with E-state index in [1.165, 1.54) is 16.2 Å². The Balaban J connectivity index is 2.32. The Morgan fingerprint density at radius 1 is 1.56 bits per heavy atom. The number of carbonyl (C=O) groups is 2. The number of aliphatic carboxylic acids is 1. The van der Waals surface area contributed by atoms with Crippen molar-refractivity contribution in [2.24, 2.45) is 0 Å². The Bertz CT molecular complexity index is 487. The SMILES string of the molecule is CCC1(C(=O)O)CCCN1C(=O)c1ccc(Br)s1. The van der Waals surface area contributed by atoms with E-state index in [9.17, 15) is 14.7 Å². The van der Waals surface area contributed by atoms with E-state index in [0.717, 1.165) is 10.2 Å². The first-order valence-electron chi connectivity index (χ1n) is 5.82. The van der Waals surface area contributed by atoms with Crippen molar-refractivity contribution < 1.29 is 14.7 Å². The van der Waals surface area contributed by atoms with Crippen molar-refractivity contribution in [2.75, 3.05) is 6.54 Å². The van der Waals surface area contributed by atoms with Gasteiger partial charge in [-0.15, -0.1) is 11.3 Å². The molecule has 1 atom stereocenters. The molecule has 0 radical (unpaired) electrons. The van der Waals surface area contributed by atoms with Crippen molar-refractivity contribution in [3.63, 3.8) is 0 Å². The Morgan fingerprint density at radius 3 is 2.78 bits per heavy atom. The third-order valence-electron chi connectivity index (χ3n) is 3.50. The van der Waals surface area contributed by atoms with E-state index in [4.69, 9.17) is 0 Å². The summed E-state index contributed by atoms with van der Waals surface area (Å²) in [5.41, 5.74) is -1.02. The first-order chi connectivity index (χ1) is 8.51. The van der Waals surface area contributed by atoms with Gasteiger partial charge in [0.05, 0.1) is 8.66 Å². The molecular formula is C12H14BrNO3S. The highest BCUT2D eigenvalue weighted by molar-refractivity contribution is 9.11. The maximum absolute atomic E-state index is 12.4. The lowest BCUT2D eigenvalue weighted by Crippen LogP contribution is -2.52. The van der Waals surface area contributed by atoms with E-state index in [0.29, 0.717) is 24.3 Å². The van der Waals surface area contributed by atoms with Gasteiger partial charge in [0.2, 0.25) is 0 Å². The molecule has 2 heterocycles. The van der Waals surface area contributed by atoms with Crippen LogP contribution >= 0.6 is 27.3 Å². The predicted molar refractivity (Wildman–Crippen MR) is 72.9 cm³/mol. The van der Waals surface area contributed by atoms with Crippen LogP contribution in [-0.2, 0) is 4.79 Å². The number of carboxylic acids is 1. The molecule has 1 unspecified atom stereocenters. The Hall–Kier alpha value is -0.880. The van der Waals surface area contributed by atoms with E-state index in [1.807, 2.05) is 13.0 Å². The molecule has 0 saturated carbocycles. The lowest BCUT2D eigenvalue weighted by molar-refractivity contribution is -0.148. The van der Waals surface area contributed by atoms with Gasteiger partial charge in [0.25, 0.3) is 5.91 Å². The highest BCUT2D eigenvalue weighted by Crippen LogP contribution is 2.35. The molecule has 2 rings (SSSR count). The summed E-state index contributed by atoms with van der Waals surface area (Å²) in [6, 6.07) is 3.54. The number of halogens is 1. The van der Waals surface area contributed by atoms with Crippen molar-refractivity contribution in [2.45, 2.75) is 31.7 Å². The van der Waals surface area contributed by atoms with Gasteiger partial charge in [0.1, 0.15) is 5.54 Å². The molecule has 1 saturated heterocycles. The first kappa shape index (κ1) is 13.5. The van der Waals surface area contributed by atoms with Crippen LogP contribution in [0.25, 0.3) is 0 Å². The van der Waals surface area contributed by atoms with Crippen LogP contribution in [0.15, 0.2) is 15.9 Å². The van der Waals surface area contributed by atoms with Crippen molar-refractivity contribution >= 4 is 39.1 Å². The summed E-state index contributed by atoms with van der Waals surface area (Å²) in [5, 5.41) is 9.44. The maximum atomic E-state index is 12.4. The zero-order valence-electron chi connectivity index (χ0n) is 9.98. The van der Waals surface area contributed by atoms with Gasteiger partial charge in [0, 0.05) is 6.54 Å². The van der Waals surface area contributed by atoms with Crippen molar-refractivity contribution in [3.8, 4) is 0 Å². The van der Waals surface area contributed by atoms with Crippen LogP contribution in [0, 0.1) is 0 Å². The second-order valence-electron chi connectivity index (χ2n) is 4.35. The summed E-state index contributed by atoms with van der Waals surface area (Å²) in [6.07, 6.45) is 1.73. The molecular weight excluding hydrogens is 318 g/mol. The standard InChI is InChI=1S/C12H14BrNO3S/c1-2-12(11(16)17)6-3-7-14(12)10(15)8-4-5-9(13)18-8/h4-5H,2-3,6-7H2,1H3,(H,16,17). The van der Waals surface area contributed by atoms with Gasteiger partial charge in [0.15, 0.2) is 0 Å². The highest BCUT2D eigenvalue weighted by atomic mass is 79.9. The van der Waals surface area contributed by atoms with E-state index < -0.39 is 11.5 Å². The van der Waals surface area contributed by atoms with E-state index in [-0.39, 0.29) is 5.91 Å². The average Bonchev–Trinajstić information content (AvgIpc) is 2.94. The summed E-state index contributed by atoms with van der Waals surface area (Å²) in [6.45, 7) is 2.35. The summed E-state index contributed by atoms with van der Waals surface area (Å²) < 4.78 is 0.877. The van der Waals surface area contributed by atoms with Crippen LogP contribution in [0.5, 0.6) is 0 Å². The topological polar surface area (TPSA) is 57.6 Å². The van der Waals surface area contributed by atoms with E-state index in [2.05, 4.69) is 15.9 Å². The normalized spacial score (nSPS) is 23.3. The quantitative estimate of drug-likeness (QED) is 0.926. The van der Waals surface area contributed by atoms with Crippen LogP contribution < -0.4 is 0 Å². The molecule has 98 valence electrons. The van der Waals surface area contributed by atoms with Gasteiger partial charge in [-0.25, -0.2) is 4.79 Å². The number of nitrogens with zero attached hydrogens (tertiary/aromatic N) is 1. The highest BCUT2D eigenvalue weighted by Gasteiger charge is 2.48. The summed E-state index contributed by atoms with van der Waals surface area (Å²) in [5.74, 6) is -1.07. The van der Waals surface area contributed by atoms with Gasteiger partial charge >= 0.3 is 5.97 Å². The molecule has 1 aromatic rings. The molecule has 1 aromatic heterocycles. The molecule has 6 heteroatoms. The summed E-state index contributed by atoms with van der Waals surface area (Å²) in [4.78, 5) is 26.0. The number of rotatable bonds is 3. The molecule has 0 bridgehead atoms. The summed E-state index contributed by atoms with van der Waals surface area (Å²) >= 11 is 4.65. The first-order valence-corrected chi connectivity index (χ1v) is 7.43. The zero-order valence-corrected chi connectivity index (χ0v) is 12.4. The average molecular weight is 332 g/mol. The number of thiophene rings is 1. The minimum atomic E-state index is -1.02. The van der Waals surface area contributed by atoms with Crippen molar-refractivity contribution in [1.82, 2.24) is 4.90 Å². The number of carbonyl (C=O) groups excluding carboxylic acids is 1. The fourth-order valence-corrected chi connectivity index (χ4v) is 3.81. The van der Waals surface area contributed by atoms with Crippen LogP contribution in [0.4, 0.5) is 0 Å². The molecule has 4 nitrogen and oxygen atoms in total. The van der Waals surface area contributed by atoms with Crippen LogP contribution in [0.3, 0.4) is 0 Å². The third-order valence-corrected chi connectivity index (χ3v) is 5.11. The fourth-order valence-electron chi connectivity index (χ4n) is 2.48. The van der Waals surface area contributed by atoms with Gasteiger partial charge in [-0.05, 0) is 47.3 Å². The lowest BCUT2D eigenvalue weighted by Gasteiger charge is -2.33. The minimum absolute atomic E-state index is 0.174. The molecule has 1 aliphatic heterocycles. The minimum Gasteiger partial charge on any atom is -0.479 e. The molecule has 0 spiro atoms. The smallest absolute Gasteiger partial charge is 0.329 e. The number of hydrogen-bond donors (Lipinski definition) is 1. The van der Waals surface area contributed by atoms with Crippen molar-refractivity contribution in [3.05, 3.63) is 20.8 Å². The monoisotopic (exact) mass is 331 g/mol. The molecule has 18 heavy (non-hydrogen) atoms. The lowest BCUT2D eigenvalue weighted by atomic mass is 9.93. The largest absolute Gasteiger partial charge is 0.479 e. The number of carboxylic acid groups (broad SMARTS) is 1. The maximum Gasteiger partial charge on any atom is 0.329 e. The number of likely N-dealkylation sites (tertiary alicyclic amines) is 1. The molecule has 0 aromatic carbocycles. The molecule has 1 aliphatic rings. The second-order valence-corrected chi connectivity index (χ2v) is 6.82. The Labute approximate surface area is 118 Å². The fraction of sp³-hybridized carbons (Fsp3) is 0.500. The van der Waals surface area contributed by atoms with Gasteiger partial charge in [-0.3, -0.25) is 4.79 Å². The van der Waals surface area contributed by atoms with Crippen molar-refractivity contribution in [1.29, 1.82) is 0 Å². The molecule has 1 amide bonds. The molecule has 0 aliphatic carbocycles. The van der Waals surface area contributed by atoms with Gasteiger partial charge < -0.3 is 10.0 Å². The van der Waals surface area contributed by atoms with Gasteiger partial charge in [-0.2, -0.15) is 0 Å². The van der Waals surface area contributed by atoms with E-state index in [1.54, 1.807) is 6.07 Å². The zero-order chi connectivity index (χ0) is 13.3. The second kappa shape index (κ2) is 5.01. The number of amides is 1. The van der Waals surface area contributed by atoms with Crippen LogP contribution in [0.1, 0.15) is 35.9 Å².